The zero-order valence-electron chi connectivity index (χ0n) is 15.6. The summed E-state index contributed by atoms with van der Waals surface area (Å²) >= 11 is 1.34. The molecule has 0 aromatic carbocycles. The van der Waals surface area contributed by atoms with Gasteiger partial charge in [-0.3, -0.25) is 4.18 Å². The van der Waals surface area contributed by atoms with E-state index >= 15 is 0 Å². The lowest BCUT2D eigenvalue weighted by molar-refractivity contribution is -0.0532. The van der Waals surface area contributed by atoms with Crippen LogP contribution in [0.2, 0.25) is 0 Å². The Kier molecular flexibility index (Phi) is 5.88. The molecule has 166 valence electrons. The Morgan fingerprint density at radius 2 is 2.03 bits per heavy atom. The smallest absolute Gasteiger partial charge is 0.333 e. The van der Waals surface area contributed by atoms with E-state index in [1.807, 2.05) is 0 Å². The highest BCUT2D eigenvalue weighted by Gasteiger charge is 2.46. The number of nitrogens with zero attached hydrogens (tertiary/aromatic N) is 4. The van der Waals surface area contributed by atoms with E-state index in [9.17, 15) is 23.7 Å². The zero-order valence-corrected chi connectivity index (χ0v) is 17.2. The molecule has 0 radical (unpaired) electrons. The number of aliphatic hydroxyl groups is 3. The molecular weight excluding hydrogens is 440 g/mol. The summed E-state index contributed by atoms with van der Waals surface area (Å²) < 4.78 is 33.4. The van der Waals surface area contributed by atoms with Crippen LogP contribution in [0.4, 0.5) is 5.82 Å². The maximum Gasteiger partial charge on any atom is 0.333 e. The first-order chi connectivity index (χ1) is 14.2. The molecule has 0 unspecified atom stereocenters. The van der Waals surface area contributed by atoms with E-state index in [0.717, 1.165) is 12.8 Å². The third-order valence-electron chi connectivity index (χ3n) is 5.14. The maximum atomic E-state index is 11.0. The molecule has 2 aromatic heterocycles. The Bertz CT molecular complexity index is 1030. The highest BCUT2D eigenvalue weighted by Crippen LogP contribution is 2.40. The Morgan fingerprint density at radius 3 is 2.70 bits per heavy atom. The summed E-state index contributed by atoms with van der Waals surface area (Å²) in [6, 6.07) is 0. The fourth-order valence-corrected chi connectivity index (χ4v) is 5.28. The Hall–Kier alpha value is -1.59. The number of hydrogen-bond donors (Lipinski definition) is 5. The van der Waals surface area contributed by atoms with Crippen molar-refractivity contribution < 1.29 is 32.7 Å². The highest BCUT2D eigenvalue weighted by molar-refractivity contribution is 8.00. The molecule has 2 fully saturated rings. The zero-order chi connectivity index (χ0) is 21.6. The second-order valence-corrected chi connectivity index (χ2v) is 9.63. The SMILES string of the molecule is Nc1ncnc2c1c(S[C@@H]1CCC[C@H]1O)nn2[C@@H]1O[C@H](COS(N)(=O)=O)[C@@H](O)[C@H]1O. The number of nitrogen functional groups attached to an aromatic ring is 1. The molecule has 13 nitrogen and oxygen atoms in total. The van der Waals surface area contributed by atoms with Gasteiger partial charge in [0.05, 0.1) is 18.1 Å². The molecule has 15 heteroatoms. The Balaban J connectivity index is 1.66. The first-order valence-corrected chi connectivity index (χ1v) is 11.5. The van der Waals surface area contributed by atoms with Gasteiger partial charge in [-0.05, 0) is 19.3 Å². The predicted octanol–water partition coefficient (Wildman–Crippen LogP) is -1.75. The minimum atomic E-state index is -4.25. The lowest BCUT2D eigenvalue weighted by Crippen LogP contribution is -2.35. The van der Waals surface area contributed by atoms with Gasteiger partial charge >= 0.3 is 10.3 Å². The third kappa shape index (κ3) is 4.11. The maximum absolute atomic E-state index is 11.0. The molecular formula is C15H22N6O7S2. The van der Waals surface area contributed by atoms with Crippen LogP contribution in [0, 0.1) is 0 Å². The minimum Gasteiger partial charge on any atom is -0.392 e. The van der Waals surface area contributed by atoms with Crippen molar-refractivity contribution in [2.45, 2.75) is 60.2 Å². The second kappa shape index (κ2) is 8.16. The Labute approximate surface area is 175 Å². The molecule has 0 spiro atoms. The normalized spacial score (nSPS) is 32.3. The fourth-order valence-electron chi connectivity index (χ4n) is 3.64. The Morgan fingerprint density at radius 1 is 1.27 bits per heavy atom. The molecule has 1 saturated carbocycles. The van der Waals surface area contributed by atoms with Gasteiger partial charge in [0.2, 0.25) is 0 Å². The van der Waals surface area contributed by atoms with Crippen LogP contribution in [0.15, 0.2) is 11.4 Å². The monoisotopic (exact) mass is 462 g/mol. The van der Waals surface area contributed by atoms with Crippen LogP contribution >= 0.6 is 11.8 Å². The van der Waals surface area contributed by atoms with Gasteiger partial charge in [0, 0.05) is 5.25 Å². The van der Waals surface area contributed by atoms with Gasteiger partial charge in [0.1, 0.15) is 35.5 Å². The van der Waals surface area contributed by atoms with E-state index in [4.69, 9.17) is 15.6 Å². The van der Waals surface area contributed by atoms with Crippen LogP contribution in [0.5, 0.6) is 0 Å². The van der Waals surface area contributed by atoms with Crippen molar-refractivity contribution in [3.63, 3.8) is 0 Å². The number of anilines is 1. The molecule has 1 saturated heterocycles. The first-order valence-electron chi connectivity index (χ1n) is 9.18. The van der Waals surface area contributed by atoms with E-state index in [2.05, 4.69) is 19.2 Å². The summed E-state index contributed by atoms with van der Waals surface area (Å²) in [6.45, 7) is -0.584. The topological polar surface area (TPSA) is 209 Å². The van der Waals surface area contributed by atoms with Gasteiger partial charge in [0.25, 0.3) is 0 Å². The fraction of sp³-hybridized carbons (Fsp3) is 0.667. The van der Waals surface area contributed by atoms with Crippen LogP contribution in [0.25, 0.3) is 11.0 Å². The number of aromatic nitrogens is 4. The molecule has 2 aromatic rings. The van der Waals surface area contributed by atoms with Crippen molar-refractivity contribution in [3.05, 3.63) is 6.33 Å². The van der Waals surface area contributed by atoms with Gasteiger partial charge < -0.3 is 25.8 Å². The average Bonchev–Trinajstić information content (AvgIpc) is 3.32. The standard InChI is InChI=1S/C15H22N6O7S2/c16-12-9-13(19-5-18-12)21(20-14(9)29-8-3-1-2-6(8)22)15-11(24)10(23)7(28-15)4-27-30(17,25)26/h5-8,10-11,15,22-24H,1-4H2,(H2,16,18,19)(H2,17,25,26)/t6-,7-,8-,10-,11-,15-/m1/s1. The highest BCUT2D eigenvalue weighted by atomic mass is 32.2. The van der Waals surface area contributed by atoms with Gasteiger partial charge in [-0.1, -0.05) is 11.8 Å². The summed E-state index contributed by atoms with van der Waals surface area (Å²) in [5.41, 5.74) is 6.29. The molecule has 7 N–H and O–H groups in total. The molecule has 2 aliphatic rings. The number of hydrogen-bond acceptors (Lipinski definition) is 12. The van der Waals surface area contributed by atoms with E-state index in [1.165, 1.54) is 22.8 Å². The van der Waals surface area contributed by atoms with E-state index in [1.54, 1.807) is 0 Å². The number of nitrogens with two attached hydrogens (primary N) is 2. The molecule has 3 heterocycles. The van der Waals surface area contributed by atoms with Crippen molar-refractivity contribution in [1.29, 1.82) is 0 Å². The first kappa shape index (κ1) is 21.6. The largest absolute Gasteiger partial charge is 0.392 e. The number of fused-ring (bicyclic) bond motifs is 1. The summed E-state index contributed by atoms with van der Waals surface area (Å²) in [5.74, 6) is 0.170. The molecule has 4 rings (SSSR count). The van der Waals surface area contributed by atoms with Crippen molar-refractivity contribution >= 4 is 38.9 Å². The molecule has 30 heavy (non-hydrogen) atoms. The van der Waals surface area contributed by atoms with Gasteiger partial charge in [-0.15, -0.1) is 0 Å². The van der Waals surface area contributed by atoms with Crippen LogP contribution in [0.1, 0.15) is 25.5 Å². The van der Waals surface area contributed by atoms with Crippen LogP contribution in [0.3, 0.4) is 0 Å². The number of ether oxygens (including phenoxy) is 1. The van der Waals surface area contributed by atoms with Gasteiger partial charge in [-0.2, -0.15) is 13.5 Å². The van der Waals surface area contributed by atoms with E-state index in [0.29, 0.717) is 16.8 Å². The van der Waals surface area contributed by atoms with Crippen molar-refractivity contribution in [3.8, 4) is 0 Å². The van der Waals surface area contributed by atoms with Crippen molar-refractivity contribution in [2.75, 3.05) is 12.3 Å². The van der Waals surface area contributed by atoms with Crippen molar-refractivity contribution in [1.82, 2.24) is 19.7 Å². The van der Waals surface area contributed by atoms with Gasteiger partial charge in [0.15, 0.2) is 11.9 Å². The van der Waals surface area contributed by atoms with Crippen LogP contribution in [-0.4, -0.2) is 79.8 Å². The van der Waals surface area contributed by atoms with Crippen molar-refractivity contribution in [2.24, 2.45) is 5.14 Å². The molecule has 1 aliphatic heterocycles. The summed E-state index contributed by atoms with van der Waals surface area (Å²) in [6.07, 6.45) is -2.11. The number of rotatable bonds is 6. The molecule has 6 atom stereocenters. The van der Waals surface area contributed by atoms with Crippen LogP contribution < -0.4 is 10.9 Å². The summed E-state index contributed by atoms with van der Waals surface area (Å²) in [4.78, 5) is 8.18. The molecule has 0 amide bonds. The second-order valence-electron chi connectivity index (χ2n) is 7.19. The molecule has 1 aliphatic carbocycles. The quantitative estimate of drug-likeness (QED) is 0.324. The van der Waals surface area contributed by atoms with E-state index in [-0.39, 0.29) is 16.7 Å². The lowest BCUT2D eigenvalue weighted by Gasteiger charge is -2.15. The lowest BCUT2D eigenvalue weighted by atomic mass is 10.1. The summed E-state index contributed by atoms with van der Waals surface area (Å²) in [5, 5.41) is 41.0. The van der Waals surface area contributed by atoms with Gasteiger partial charge in [-0.25, -0.2) is 19.8 Å². The molecule has 0 bridgehead atoms. The third-order valence-corrected chi connectivity index (χ3v) is 6.97. The van der Waals surface area contributed by atoms with Crippen LogP contribution in [-0.2, 0) is 19.2 Å². The number of thioether (sulfide) groups is 1. The predicted molar refractivity (Wildman–Crippen MR) is 104 cm³/mol. The summed E-state index contributed by atoms with van der Waals surface area (Å²) in [7, 11) is -4.25. The van der Waals surface area contributed by atoms with E-state index < -0.39 is 47.6 Å². The average molecular weight is 463 g/mol. The number of aliphatic hydroxyl groups excluding tert-OH is 3. The minimum absolute atomic E-state index is 0.0768.